The monoisotopic (exact) mass is 589 g/mol. The molecule has 42 heavy (non-hydrogen) atoms. The summed E-state index contributed by atoms with van der Waals surface area (Å²) in [5.74, 6) is -3.42. The smallest absolute Gasteiger partial charge is 0.489 e. The van der Waals surface area contributed by atoms with Gasteiger partial charge in [0.05, 0.1) is 17.0 Å². The van der Waals surface area contributed by atoms with E-state index in [1.54, 1.807) is 29.7 Å². The molecule has 1 aromatic heterocycles. The number of halogens is 3. The van der Waals surface area contributed by atoms with Crippen LogP contribution >= 0.6 is 0 Å². The largest absolute Gasteiger partial charge is 0.490 e. The fourth-order valence-electron chi connectivity index (χ4n) is 5.39. The van der Waals surface area contributed by atoms with Gasteiger partial charge in [0.15, 0.2) is 0 Å². The maximum Gasteiger partial charge on any atom is 0.490 e. The SMILES string of the molecule is Cc1cc(COc2ccc(C(=O)N[C@@H]3C[C@]4(CCCO4)C[C@@H]3C(=O)NO)cc2)c2ccccc2n1.O=C(O)C(F)(F)F. The van der Waals surface area contributed by atoms with E-state index in [-0.39, 0.29) is 5.91 Å². The maximum absolute atomic E-state index is 12.9. The van der Waals surface area contributed by atoms with Gasteiger partial charge >= 0.3 is 12.1 Å². The molecule has 1 saturated heterocycles. The highest BCUT2D eigenvalue weighted by molar-refractivity contribution is 5.95. The molecular weight excluding hydrogens is 559 g/mol. The van der Waals surface area contributed by atoms with Crippen molar-refractivity contribution >= 4 is 28.7 Å². The Kier molecular flexibility index (Phi) is 9.32. The molecule has 1 saturated carbocycles. The van der Waals surface area contributed by atoms with Crippen molar-refractivity contribution < 1.29 is 47.3 Å². The summed E-state index contributed by atoms with van der Waals surface area (Å²) in [4.78, 5) is 38.6. The lowest BCUT2D eigenvalue weighted by atomic mass is 9.96. The van der Waals surface area contributed by atoms with Crippen molar-refractivity contribution in [3.63, 3.8) is 0 Å². The first kappa shape index (κ1) is 30.7. The van der Waals surface area contributed by atoms with Gasteiger partial charge in [-0.1, -0.05) is 18.2 Å². The first-order valence-electron chi connectivity index (χ1n) is 13.2. The number of pyridine rings is 1. The lowest BCUT2D eigenvalue weighted by Gasteiger charge is -2.22. The number of amides is 2. The number of carbonyl (C=O) groups excluding carboxylic acids is 2. The van der Waals surface area contributed by atoms with Crippen LogP contribution < -0.4 is 15.5 Å². The average Bonchev–Trinajstić information content (AvgIpc) is 3.57. The molecule has 1 aliphatic heterocycles. The molecule has 2 fully saturated rings. The minimum Gasteiger partial charge on any atom is -0.489 e. The second kappa shape index (κ2) is 12.7. The van der Waals surface area contributed by atoms with E-state index in [9.17, 15) is 22.8 Å². The predicted octanol–water partition coefficient (Wildman–Crippen LogP) is 4.32. The molecule has 0 unspecified atom stereocenters. The van der Waals surface area contributed by atoms with Crippen LogP contribution in [0.15, 0.2) is 54.6 Å². The fraction of sp³-hybridized carbons (Fsp3) is 0.379. The number of carbonyl (C=O) groups is 3. The average molecular weight is 590 g/mol. The number of aromatic nitrogens is 1. The van der Waals surface area contributed by atoms with Gasteiger partial charge in [-0.05, 0) is 69.0 Å². The fourth-order valence-corrected chi connectivity index (χ4v) is 5.39. The van der Waals surface area contributed by atoms with E-state index in [1.807, 2.05) is 37.3 Å². The van der Waals surface area contributed by atoms with E-state index >= 15 is 0 Å². The Morgan fingerprint density at radius 3 is 2.43 bits per heavy atom. The van der Waals surface area contributed by atoms with E-state index in [2.05, 4.69) is 10.3 Å². The number of rotatable bonds is 6. The minimum absolute atomic E-state index is 0.275. The summed E-state index contributed by atoms with van der Waals surface area (Å²) >= 11 is 0. The van der Waals surface area contributed by atoms with Crippen LogP contribution in [0.4, 0.5) is 13.2 Å². The zero-order valence-corrected chi connectivity index (χ0v) is 22.6. The predicted molar refractivity (Wildman–Crippen MR) is 143 cm³/mol. The maximum atomic E-state index is 12.9. The van der Waals surface area contributed by atoms with Gasteiger partial charge in [-0.3, -0.25) is 19.8 Å². The number of hydroxylamine groups is 1. The number of carboxylic acid groups (broad SMARTS) is 1. The molecule has 2 amide bonds. The van der Waals surface area contributed by atoms with Crippen LogP contribution in [0.25, 0.3) is 10.9 Å². The number of nitrogens with zero attached hydrogens (tertiary/aromatic N) is 1. The number of aliphatic carboxylic acids is 1. The van der Waals surface area contributed by atoms with E-state index in [0.717, 1.165) is 35.0 Å². The van der Waals surface area contributed by atoms with Gasteiger partial charge < -0.3 is 19.9 Å². The summed E-state index contributed by atoms with van der Waals surface area (Å²) < 4.78 is 43.7. The van der Waals surface area contributed by atoms with Crippen molar-refractivity contribution in [3.05, 3.63) is 71.4 Å². The van der Waals surface area contributed by atoms with Gasteiger partial charge in [-0.25, -0.2) is 10.3 Å². The Morgan fingerprint density at radius 2 is 1.81 bits per heavy atom. The summed E-state index contributed by atoms with van der Waals surface area (Å²) in [6, 6.07) is 16.5. The number of hydrogen-bond donors (Lipinski definition) is 4. The highest BCUT2D eigenvalue weighted by atomic mass is 19.4. The van der Waals surface area contributed by atoms with Crippen LogP contribution in [0.2, 0.25) is 0 Å². The molecule has 2 aromatic carbocycles. The third-order valence-corrected chi connectivity index (χ3v) is 7.30. The van der Waals surface area contributed by atoms with Crippen LogP contribution in [0.1, 0.15) is 47.3 Å². The molecule has 224 valence electrons. The topological polar surface area (TPSA) is 147 Å². The van der Waals surface area contributed by atoms with E-state index < -0.39 is 35.6 Å². The number of ether oxygens (including phenoxy) is 2. The van der Waals surface area contributed by atoms with E-state index in [4.69, 9.17) is 24.6 Å². The number of benzene rings is 2. The number of fused-ring (bicyclic) bond motifs is 1. The Morgan fingerprint density at radius 1 is 1.12 bits per heavy atom. The quantitative estimate of drug-likeness (QED) is 0.246. The normalized spacial score (nSPS) is 21.5. The van der Waals surface area contributed by atoms with Gasteiger partial charge in [0, 0.05) is 34.9 Å². The van der Waals surface area contributed by atoms with Gasteiger partial charge in [0.25, 0.3) is 5.91 Å². The summed E-state index contributed by atoms with van der Waals surface area (Å²) in [6.07, 6.45) is -2.26. The van der Waals surface area contributed by atoms with Gasteiger partial charge in [0.2, 0.25) is 5.91 Å². The molecule has 1 spiro atoms. The lowest BCUT2D eigenvalue weighted by molar-refractivity contribution is -0.192. The summed E-state index contributed by atoms with van der Waals surface area (Å²) in [7, 11) is 0. The molecule has 4 N–H and O–H groups in total. The summed E-state index contributed by atoms with van der Waals surface area (Å²) in [5, 5.41) is 20.3. The Balaban J connectivity index is 0.000000517. The van der Waals surface area contributed by atoms with Crippen LogP contribution in [-0.2, 0) is 20.9 Å². The third kappa shape index (κ3) is 7.34. The van der Waals surface area contributed by atoms with Crippen LogP contribution in [0, 0.1) is 12.8 Å². The zero-order chi connectivity index (χ0) is 30.5. The first-order chi connectivity index (χ1) is 19.9. The van der Waals surface area contributed by atoms with Crippen molar-refractivity contribution in [1.82, 2.24) is 15.8 Å². The number of aryl methyl sites for hydroxylation is 1. The standard InChI is InChI=1S/C27H29N3O5.C2HF3O2/c1-17-13-19(21-5-2-3-6-23(21)28-17)16-34-20-9-7-18(8-10-20)25(31)29-24-15-27(11-4-12-35-27)14-22(24)26(32)30-33;3-2(4,5)1(6)7/h2-3,5-10,13,22,24,33H,4,11-12,14-16H2,1H3,(H,29,31)(H,30,32);(H,6,7)/t22-,24+,27-;/m0./s1. The second-order valence-corrected chi connectivity index (χ2v) is 10.3. The van der Waals surface area contributed by atoms with Crippen LogP contribution in [-0.4, -0.2) is 57.5 Å². The Bertz CT molecular complexity index is 1440. The summed E-state index contributed by atoms with van der Waals surface area (Å²) in [5.41, 5.74) is 4.72. The van der Waals surface area contributed by atoms with Gasteiger partial charge in [-0.2, -0.15) is 13.2 Å². The van der Waals surface area contributed by atoms with Crippen molar-refractivity contribution in [2.75, 3.05) is 6.61 Å². The van der Waals surface area contributed by atoms with Crippen molar-refractivity contribution in [1.29, 1.82) is 0 Å². The Labute approximate surface area is 238 Å². The molecule has 2 aliphatic rings. The highest BCUT2D eigenvalue weighted by Gasteiger charge is 2.51. The van der Waals surface area contributed by atoms with E-state index in [1.165, 1.54) is 0 Å². The van der Waals surface area contributed by atoms with Crippen molar-refractivity contribution in [2.45, 2.75) is 57.0 Å². The molecule has 3 aromatic rings. The van der Waals surface area contributed by atoms with Crippen molar-refractivity contribution in [2.24, 2.45) is 5.92 Å². The second-order valence-electron chi connectivity index (χ2n) is 10.3. The molecule has 13 heteroatoms. The number of alkyl halides is 3. The van der Waals surface area contributed by atoms with Crippen LogP contribution in [0.3, 0.4) is 0 Å². The molecule has 5 rings (SSSR count). The van der Waals surface area contributed by atoms with E-state index in [0.29, 0.717) is 37.4 Å². The molecule has 10 nitrogen and oxygen atoms in total. The summed E-state index contributed by atoms with van der Waals surface area (Å²) in [6.45, 7) is 3.01. The molecule has 2 heterocycles. The molecule has 1 aliphatic carbocycles. The third-order valence-electron chi connectivity index (χ3n) is 7.30. The van der Waals surface area contributed by atoms with Crippen LogP contribution in [0.5, 0.6) is 5.75 Å². The van der Waals surface area contributed by atoms with Gasteiger partial charge in [0.1, 0.15) is 12.4 Å². The lowest BCUT2D eigenvalue weighted by Crippen LogP contribution is -2.43. The molecular formula is C29H30F3N3O7. The number of carboxylic acids is 1. The molecule has 0 radical (unpaired) electrons. The number of para-hydroxylation sites is 1. The van der Waals surface area contributed by atoms with Gasteiger partial charge in [-0.15, -0.1) is 0 Å². The molecule has 0 bridgehead atoms. The first-order valence-corrected chi connectivity index (χ1v) is 13.2. The highest BCUT2D eigenvalue weighted by Crippen LogP contribution is 2.44. The molecule has 3 atom stereocenters. The number of nitrogens with one attached hydrogen (secondary N) is 2. The zero-order valence-electron chi connectivity index (χ0n) is 22.6. The van der Waals surface area contributed by atoms with Crippen molar-refractivity contribution in [3.8, 4) is 5.75 Å². The Hall–Kier alpha value is -4.23. The number of hydrogen-bond acceptors (Lipinski definition) is 7. The minimum atomic E-state index is -5.08.